The molecular formula is C18H24B3FN2O8S. The summed E-state index contributed by atoms with van der Waals surface area (Å²) in [5.41, 5.74) is -0.941. The first kappa shape index (κ1) is 26.6. The van der Waals surface area contributed by atoms with Gasteiger partial charge in [-0.05, 0) is 24.1 Å². The van der Waals surface area contributed by atoms with Crippen molar-refractivity contribution in [3.63, 3.8) is 0 Å². The number of nitrogens with one attached hydrogen (secondary N) is 1. The standard InChI is InChI=1S/C18H24B3FN2O8S/c1-33(30,31)14(16(26)23-29)6-7-24-9-13(22)12(8-15(24)25)10-2-4-11(5-3-10)32-18(21,28)17(19,20)27/h2-5,8-9,14,27-29H,6-7,19-21H2,1H3,(H,23,26). The molecule has 1 aromatic heterocycles. The summed E-state index contributed by atoms with van der Waals surface area (Å²) in [4.78, 5) is 24.0. The van der Waals surface area contributed by atoms with Crippen LogP contribution in [0.15, 0.2) is 41.3 Å². The Hall–Kier alpha value is -2.61. The van der Waals surface area contributed by atoms with Crippen molar-refractivity contribution in [2.75, 3.05) is 6.26 Å². The second-order valence-corrected chi connectivity index (χ2v) is 10.5. The van der Waals surface area contributed by atoms with Crippen LogP contribution in [0.25, 0.3) is 11.1 Å². The maximum absolute atomic E-state index is 14.7. The van der Waals surface area contributed by atoms with Gasteiger partial charge in [0.15, 0.2) is 23.4 Å². The molecule has 4 N–H and O–H groups in total. The minimum absolute atomic E-state index is 0.0233. The van der Waals surface area contributed by atoms with E-state index in [1.807, 2.05) is 0 Å². The molecule has 0 fully saturated rings. The smallest absolute Gasteiger partial charge is 0.261 e. The van der Waals surface area contributed by atoms with Crippen molar-refractivity contribution >= 4 is 39.3 Å². The van der Waals surface area contributed by atoms with E-state index in [0.29, 0.717) is 5.56 Å². The Bertz CT molecular complexity index is 1180. The van der Waals surface area contributed by atoms with Gasteiger partial charge in [-0.15, -0.1) is 0 Å². The summed E-state index contributed by atoms with van der Waals surface area (Å²) < 4.78 is 44.5. The van der Waals surface area contributed by atoms with Crippen LogP contribution in [0, 0.1) is 5.82 Å². The van der Waals surface area contributed by atoms with E-state index < -0.39 is 43.5 Å². The third kappa shape index (κ3) is 6.47. The number of hydrogen-bond donors (Lipinski definition) is 4. The maximum atomic E-state index is 14.7. The van der Waals surface area contributed by atoms with E-state index in [0.717, 1.165) is 23.1 Å². The molecule has 176 valence electrons. The molecule has 0 bridgehead atoms. The lowest BCUT2D eigenvalue weighted by Crippen LogP contribution is -2.59. The molecule has 15 heteroatoms. The van der Waals surface area contributed by atoms with Gasteiger partial charge in [0.05, 0.1) is 5.40 Å². The van der Waals surface area contributed by atoms with Gasteiger partial charge >= 0.3 is 0 Å². The molecular weight excluding hydrogens is 456 g/mol. The first-order valence-corrected chi connectivity index (χ1v) is 11.8. The molecule has 1 heterocycles. The van der Waals surface area contributed by atoms with Crippen LogP contribution < -0.4 is 15.8 Å². The average molecular weight is 480 g/mol. The van der Waals surface area contributed by atoms with Crippen LogP contribution in [0.4, 0.5) is 4.39 Å². The zero-order valence-corrected chi connectivity index (χ0v) is 19.4. The Labute approximate surface area is 192 Å². The Morgan fingerprint density at radius 1 is 1.24 bits per heavy atom. The number of aliphatic hydroxyl groups is 2. The number of sulfone groups is 1. The van der Waals surface area contributed by atoms with E-state index in [4.69, 9.17) is 9.94 Å². The number of hydroxylamine groups is 1. The number of aromatic nitrogens is 1. The fraction of sp³-hybridized carbons (Fsp3) is 0.333. The van der Waals surface area contributed by atoms with Crippen molar-refractivity contribution < 1.29 is 37.8 Å². The highest BCUT2D eigenvalue weighted by atomic mass is 32.2. The van der Waals surface area contributed by atoms with E-state index >= 15 is 0 Å². The van der Waals surface area contributed by atoms with Gasteiger partial charge in [0, 0.05) is 30.6 Å². The van der Waals surface area contributed by atoms with Crippen LogP contribution in [0.3, 0.4) is 0 Å². The number of benzene rings is 1. The molecule has 10 nitrogen and oxygen atoms in total. The predicted octanol–water partition coefficient (Wildman–Crippen LogP) is -3.47. The van der Waals surface area contributed by atoms with Gasteiger partial charge < -0.3 is 19.5 Å². The molecule has 33 heavy (non-hydrogen) atoms. The molecule has 0 saturated heterocycles. The Morgan fingerprint density at radius 3 is 2.30 bits per heavy atom. The number of pyridine rings is 1. The third-order valence-corrected chi connectivity index (χ3v) is 6.73. The van der Waals surface area contributed by atoms with Gasteiger partial charge in [-0.2, -0.15) is 0 Å². The Kier molecular flexibility index (Phi) is 7.84. The van der Waals surface area contributed by atoms with Gasteiger partial charge in [0.1, 0.15) is 32.5 Å². The van der Waals surface area contributed by atoms with Gasteiger partial charge in [-0.25, -0.2) is 18.3 Å². The predicted molar refractivity (Wildman–Crippen MR) is 125 cm³/mol. The molecule has 0 radical (unpaired) electrons. The quantitative estimate of drug-likeness (QED) is 0.125. The fourth-order valence-corrected chi connectivity index (χ4v) is 3.84. The molecule has 0 saturated carbocycles. The van der Waals surface area contributed by atoms with Crippen LogP contribution >= 0.6 is 0 Å². The van der Waals surface area contributed by atoms with Gasteiger partial charge in [-0.3, -0.25) is 14.8 Å². The van der Waals surface area contributed by atoms with Crippen LogP contribution in [0.5, 0.6) is 5.75 Å². The summed E-state index contributed by atoms with van der Waals surface area (Å²) in [5, 5.41) is 25.8. The van der Waals surface area contributed by atoms with Crippen LogP contribution in [0.2, 0.25) is 0 Å². The topological polar surface area (TPSA) is 155 Å². The fourth-order valence-electron chi connectivity index (χ4n) is 2.87. The van der Waals surface area contributed by atoms with Crippen LogP contribution in [0.1, 0.15) is 6.42 Å². The first-order valence-electron chi connectivity index (χ1n) is 9.84. The van der Waals surface area contributed by atoms with E-state index in [-0.39, 0.29) is 24.3 Å². The minimum atomic E-state index is -3.87. The number of amides is 1. The Morgan fingerprint density at radius 2 is 1.82 bits per heavy atom. The van der Waals surface area contributed by atoms with Crippen molar-refractivity contribution in [1.29, 1.82) is 0 Å². The number of halogens is 1. The molecule has 2 aromatic rings. The summed E-state index contributed by atoms with van der Waals surface area (Å²) in [6.07, 6.45) is 1.36. The lowest BCUT2D eigenvalue weighted by atomic mass is 9.54. The molecule has 0 aliphatic heterocycles. The van der Waals surface area contributed by atoms with Crippen molar-refractivity contribution in [1.82, 2.24) is 10.0 Å². The number of ether oxygens (including phenoxy) is 1. The van der Waals surface area contributed by atoms with Crippen molar-refractivity contribution in [3.8, 4) is 16.9 Å². The van der Waals surface area contributed by atoms with Crippen LogP contribution in [-0.4, -0.2) is 80.4 Å². The molecule has 0 aliphatic carbocycles. The summed E-state index contributed by atoms with van der Waals surface area (Å²) in [6, 6.07) is 6.82. The molecule has 0 aliphatic rings. The minimum Gasteiger partial charge on any atom is -0.470 e. The summed E-state index contributed by atoms with van der Waals surface area (Å²) in [5.74, 6) is -1.71. The highest BCUT2D eigenvalue weighted by Gasteiger charge is 2.39. The van der Waals surface area contributed by atoms with E-state index in [9.17, 15) is 32.6 Å². The zero-order valence-electron chi connectivity index (χ0n) is 18.6. The second-order valence-electron chi connectivity index (χ2n) is 8.32. The second kappa shape index (κ2) is 9.71. The van der Waals surface area contributed by atoms with Gasteiger partial charge in [-0.1, -0.05) is 12.1 Å². The largest absolute Gasteiger partial charge is 0.470 e. The number of hydrogen-bond acceptors (Lipinski definition) is 8. The SMILES string of the molecule is BC(B)(O)C(B)(O)Oc1ccc(-c2cc(=O)n(CCC(C(=O)NO)S(C)(=O)=O)cc2F)cc1. The number of carbonyl (C=O) groups excluding carboxylic acids is 1. The van der Waals surface area contributed by atoms with Crippen molar-refractivity contribution in [3.05, 3.63) is 52.7 Å². The zero-order chi connectivity index (χ0) is 25.2. The average Bonchev–Trinajstić information content (AvgIpc) is 2.68. The van der Waals surface area contributed by atoms with E-state index in [2.05, 4.69) is 0 Å². The highest BCUT2D eigenvalue weighted by molar-refractivity contribution is 7.92. The van der Waals surface area contributed by atoms with Crippen molar-refractivity contribution in [2.45, 2.75) is 29.3 Å². The van der Waals surface area contributed by atoms with E-state index in [1.54, 1.807) is 0 Å². The number of nitrogens with zero attached hydrogens (tertiary/aromatic N) is 1. The summed E-state index contributed by atoms with van der Waals surface area (Å²) >= 11 is 0. The highest BCUT2D eigenvalue weighted by Crippen LogP contribution is 2.26. The molecule has 1 aromatic carbocycles. The maximum Gasteiger partial charge on any atom is 0.261 e. The van der Waals surface area contributed by atoms with Crippen LogP contribution in [-0.2, 0) is 21.2 Å². The normalized spacial score (nSPS) is 14.8. The molecule has 1 amide bonds. The third-order valence-electron chi connectivity index (χ3n) is 5.25. The first-order chi connectivity index (χ1) is 15.1. The Balaban J connectivity index is 2.25. The van der Waals surface area contributed by atoms with E-state index in [1.165, 1.54) is 53.3 Å². The summed E-state index contributed by atoms with van der Waals surface area (Å²) in [7, 11) is 0.167. The van der Waals surface area contributed by atoms with Crippen molar-refractivity contribution in [2.24, 2.45) is 0 Å². The molecule has 2 atom stereocenters. The molecule has 2 rings (SSSR count). The summed E-state index contributed by atoms with van der Waals surface area (Å²) in [6.45, 7) is -0.278. The van der Waals surface area contributed by atoms with Gasteiger partial charge in [0.2, 0.25) is 0 Å². The monoisotopic (exact) mass is 480 g/mol. The lowest BCUT2D eigenvalue weighted by molar-refractivity contribution is -0.130. The molecule has 2 unspecified atom stereocenters. The number of aryl methyl sites for hydroxylation is 1. The van der Waals surface area contributed by atoms with Gasteiger partial charge in [0.25, 0.3) is 11.5 Å². The number of rotatable bonds is 9. The number of carbonyl (C=O) groups is 1. The molecule has 0 spiro atoms. The lowest BCUT2D eigenvalue weighted by Gasteiger charge is -2.36.